The van der Waals surface area contributed by atoms with Crippen LogP contribution in [0.25, 0.3) is 0 Å². The van der Waals surface area contributed by atoms with E-state index >= 15 is 0 Å². The molecular weight excluding hydrogens is 600 g/mol. The number of β-lactam (4-membered cyclic amide) rings is 1. The molecule has 17 nitrogen and oxygen atoms in total. The molecule has 18 heteroatoms. The summed E-state index contributed by atoms with van der Waals surface area (Å²) in [6, 6.07) is 7.12. The van der Waals surface area contributed by atoms with E-state index in [-0.39, 0.29) is 36.0 Å². The molecule has 0 radical (unpaired) electrons. The van der Waals surface area contributed by atoms with E-state index < -0.39 is 58.9 Å². The van der Waals surface area contributed by atoms with Crippen molar-refractivity contribution in [1.82, 2.24) is 30.6 Å². The average Bonchev–Trinajstić information content (AvgIpc) is 3.43. The molecule has 0 aliphatic carbocycles. The SMILES string of the molecule is CN1C(=O)C(NC(=O)C(=NOC(Cc2ccccc2)C(=O)O)c2csc(N)n2)C1CNC(=O)NCc1cc(=O)c(O)cn1O. The molecule has 1 aliphatic heterocycles. The molecule has 0 bridgehead atoms. The van der Waals surface area contributed by atoms with Gasteiger partial charge in [-0.2, -0.15) is 4.73 Å². The number of aliphatic carboxylic acids is 1. The molecule has 1 saturated heterocycles. The van der Waals surface area contributed by atoms with Crippen molar-refractivity contribution in [2.75, 3.05) is 19.3 Å². The Morgan fingerprint density at radius 2 is 1.93 bits per heavy atom. The molecule has 4 amide bonds. The van der Waals surface area contributed by atoms with Gasteiger partial charge in [0.1, 0.15) is 11.7 Å². The van der Waals surface area contributed by atoms with Gasteiger partial charge >= 0.3 is 12.0 Å². The molecular formula is C26H28N8O9S. The van der Waals surface area contributed by atoms with E-state index in [4.69, 9.17) is 10.6 Å². The number of urea groups is 1. The van der Waals surface area contributed by atoms with E-state index in [1.54, 1.807) is 30.3 Å². The number of thiazole rings is 1. The van der Waals surface area contributed by atoms with Crippen LogP contribution in [-0.2, 0) is 32.2 Å². The van der Waals surface area contributed by atoms with Crippen molar-refractivity contribution in [3.05, 3.63) is 75.1 Å². The van der Waals surface area contributed by atoms with Crippen molar-refractivity contribution < 1.29 is 39.4 Å². The molecule has 232 valence electrons. The summed E-state index contributed by atoms with van der Waals surface area (Å²) in [7, 11) is 1.47. The molecule has 3 heterocycles. The van der Waals surface area contributed by atoms with Crippen LogP contribution in [-0.4, -0.2) is 91.3 Å². The van der Waals surface area contributed by atoms with E-state index in [2.05, 4.69) is 26.1 Å². The number of pyridine rings is 1. The van der Waals surface area contributed by atoms with Gasteiger partial charge < -0.3 is 46.8 Å². The number of likely N-dealkylation sites (tertiary alicyclic amines) is 1. The molecule has 1 fully saturated rings. The average molecular weight is 629 g/mol. The number of carbonyl (C=O) groups is 4. The van der Waals surface area contributed by atoms with Crippen molar-refractivity contribution in [2.24, 2.45) is 5.16 Å². The van der Waals surface area contributed by atoms with E-state index in [0.29, 0.717) is 10.3 Å². The monoisotopic (exact) mass is 628 g/mol. The highest BCUT2D eigenvalue weighted by molar-refractivity contribution is 7.13. The first-order chi connectivity index (χ1) is 20.9. The van der Waals surface area contributed by atoms with Crippen LogP contribution in [0.1, 0.15) is 17.0 Å². The Bertz CT molecular complexity index is 1640. The maximum absolute atomic E-state index is 13.3. The topological polar surface area (TPSA) is 251 Å². The second-order valence-electron chi connectivity index (χ2n) is 9.52. The molecule has 3 unspecified atom stereocenters. The molecule has 1 aliphatic rings. The van der Waals surface area contributed by atoms with E-state index in [1.807, 2.05) is 0 Å². The number of aromatic hydroxyl groups is 1. The Morgan fingerprint density at radius 1 is 1.20 bits per heavy atom. The first kappa shape index (κ1) is 31.3. The van der Waals surface area contributed by atoms with Gasteiger partial charge in [-0.25, -0.2) is 14.6 Å². The van der Waals surface area contributed by atoms with Crippen LogP contribution in [0.3, 0.4) is 0 Å². The smallest absolute Gasteiger partial charge is 0.348 e. The minimum atomic E-state index is -1.44. The summed E-state index contributed by atoms with van der Waals surface area (Å²) in [5, 5.41) is 41.6. The Morgan fingerprint density at radius 3 is 2.59 bits per heavy atom. The standard InChI is InChI=1S/C26H28N8O9S/c1-33-16(10-29-26(41)28-9-14-8-17(35)18(36)11-34(14)42)21(23(33)38)31-22(37)20(15-12-44-25(27)30-15)32-43-19(24(39)40)7-13-5-3-2-4-6-13/h2-6,8,11-12,16,19,21,36,42H,7,9-10H2,1H3,(H2,27,30)(H,31,37)(H,39,40)(H2,28,29,41). The lowest BCUT2D eigenvalue weighted by atomic mass is 9.95. The summed E-state index contributed by atoms with van der Waals surface area (Å²) >= 11 is 1.01. The van der Waals surface area contributed by atoms with Crippen LogP contribution in [0.2, 0.25) is 0 Å². The van der Waals surface area contributed by atoms with Crippen LogP contribution >= 0.6 is 11.3 Å². The van der Waals surface area contributed by atoms with E-state index in [1.165, 1.54) is 17.3 Å². The highest BCUT2D eigenvalue weighted by atomic mass is 32.1. The third-order valence-corrected chi connectivity index (χ3v) is 7.24. The van der Waals surface area contributed by atoms with Gasteiger partial charge in [-0.1, -0.05) is 35.5 Å². The van der Waals surface area contributed by atoms with Crippen LogP contribution < -0.4 is 27.1 Å². The van der Waals surface area contributed by atoms with Crippen molar-refractivity contribution in [2.45, 2.75) is 31.2 Å². The normalized spacial score (nSPS) is 16.9. The molecule has 0 saturated carbocycles. The zero-order chi connectivity index (χ0) is 32.0. The van der Waals surface area contributed by atoms with Gasteiger partial charge in [-0.15, -0.1) is 11.3 Å². The van der Waals surface area contributed by atoms with Crippen molar-refractivity contribution in [3.63, 3.8) is 0 Å². The van der Waals surface area contributed by atoms with Gasteiger partial charge in [-0.05, 0) is 5.56 Å². The first-order valence-corrected chi connectivity index (χ1v) is 13.8. The number of hydrogen-bond acceptors (Lipinski definition) is 12. The number of nitrogens with two attached hydrogens (primary N) is 1. The third kappa shape index (κ3) is 7.40. The molecule has 4 rings (SSSR count). The second kappa shape index (κ2) is 13.6. The van der Waals surface area contributed by atoms with Gasteiger partial charge in [0.25, 0.3) is 5.91 Å². The number of oxime groups is 1. The van der Waals surface area contributed by atoms with Crippen LogP contribution in [0.15, 0.2) is 57.9 Å². The summed E-state index contributed by atoms with van der Waals surface area (Å²) in [5.74, 6) is -3.35. The third-order valence-electron chi connectivity index (χ3n) is 6.56. The van der Waals surface area contributed by atoms with Gasteiger partial charge in [0.15, 0.2) is 16.6 Å². The number of nitrogens with one attached hydrogen (secondary N) is 3. The second-order valence-corrected chi connectivity index (χ2v) is 10.4. The fourth-order valence-corrected chi connectivity index (χ4v) is 4.69. The summed E-state index contributed by atoms with van der Waals surface area (Å²) in [4.78, 5) is 72.2. The summed E-state index contributed by atoms with van der Waals surface area (Å²) in [6.45, 7) is -0.374. The highest BCUT2D eigenvalue weighted by Gasteiger charge is 2.46. The number of amides is 4. The number of benzene rings is 1. The Balaban J connectivity index is 1.41. The first-order valence-electron chi connectivity index (χ1n) is 12.9. The van der Waals surface area contributed by atoms with Gasteiger partial charge in [0, 0.05) is 31.5 Å². The summed E-state index contributed by atoms with van der Waals surface area (Å²) < 4.78 is 0.486. The van der Waals surface area contributed by atoms with Gasteiger partial charge in [0.05, 0.1) is 24.5 Å². The molecule has 2 aromatic heterocycles. The van der Waals surface area contributed by atoms with Crippen LogP contribution in [0.5, 0.6) is 5.75 Å². The van der Waals surface area contributed by atoms with Crippen LogP contribution in [0.4, 0.5) is 9.93 Å². The van der Waals surface area contributed by atoms with Gasteiger partial charge in [-0.3, -0.25) is 14.4 Å². The summed E-state index contributed by atoms with van der Waals surface area (Å²) in [6.07, 6.45) is -0.698. The van der Waals surface area contributed by atoms with Crippen LogP contribution in [0, 0.1) is 0 Å². The number of carboxylic acid groups (broad SMARTS) is 1. The minimum absolute atomic E-state index is 0.000352. The maximum atomic E-state index is 13.3. The number of likely N-dealkylation sites (N-methyl/N-ethyl adjacent to an activating group) is 1. The molecule has 1 aromatic carbocycles. The summed E-state index contributed by atoms with van der Waals surface area (Å²) in [5.41, 5.74) is 5.21. The Kier molecular flexibility index (Phi) is 9.64. The fraction of sp³-hybridized carbons (Fsp3) is 0.269. The van der Waals surface area contributed by atoms with Crippen molar-refractivity contribution in [1.29, 1.82) is 0 Å². The quantitative estimate of drug-likeness (QED) is 0.0558. The number of hydrogen-bond donors (Lipinski definition) is 7. The fourth-order valence-electron chi connectivity index (χ4n) is 4.14. The molecule has 0 spiro atoms. The number of nitrogens with zero attached hydrogens (tertiary/aromatic N) is 4. The lowest BCUT2D eigenvalue weighted by molar-refractivity contribution is -0.150. The number of carboxylic acids is 1. The van der Waals surface area contributed by atoms with Crippen molar-refractivity contribution in [3.8, 4) is 5.75 Å². The minimum Gasteiger partial charge on any atom is -0.503 e. The zero-order valence-electron chi connectivity index (χ0n) is 23.0. The number of anilines is 1. The maximum Gasteiger partial charge on any atom is 0.348 e. The predicted octanol–water partition coefficient (Wildman–Crippen LogP) is -0.929. The van der Waals surface area contributed by atoms with E-state index in [0.717, 1.165) is 23.6 Å². The number of aromatic nitrogens is 2. The number of carbonyl (C=O) groups excluding carboxylic acids is 3. The predicted molar refractivity (Wildman–Crippen MR) is 154 cm³/mol. The molecule has 8 N–H and O–H groups in total. The number of nitrogen functional groups attached to an aromatic ring is 1. The molecule has 3 atom stereocenters. The Hall–Kier alpha value is -5.65. The largest absolute Gasteiger partial charge is 0.503 e. The zero-order valence-corrected chi connectivity index (χ0v) is 23.9. The van der Waals surface area contributed by atoms with Gasteiger partial charge in [0.2, 0.25) is 17.4 Å². The van der Waals surface area contributed by atoms with Crippen molar-refractivity contribution >= 4 is 46.0 Å². The van der Waals surface area contributed by atoms with E-state index in [9.17, 15) is 39.4 Å². The molecule has 3 aromatic rings. The Labute approximate surface area is 252 Å². The number of rotatable bonds is 12. The molecule has 44 heavy (non-hydrogen) atoms. The lowest BCUT2D eigenvalue weighted by Crippen LogP contribution is -2.72. The highest BCUT2D eigenvalue weighted by Crippen LogP contribution is 2.19. The lowest BCUT2D eigenvalue weighted by Gasteiger charge is -2.45.